The van der Waals surface area contributed by atoms with E-state index in [2.05, 4.69) is 22.4 Å². The number of nitrogens with zero attached hydrogens (tertiary/aromatic N) is 1. The maximum atomic E-state index is 11.8. The summed E-state index contributed by atoms with van der Waals surface area (Å²) in [6.07, 6.45) is 5.37. The second-order valence-corrected chi connectivity index (χ2v) is 4.36. The Kier molecular flexibility index (Phi) is 2.75. The average molecular weight is 207 g/mol. The van der Waals surface area contributed by atoms with Crippen LogP contribution in [0.3, 0.4) is 0 Å². The Balaban J connectivity index is 1.94. The second-order valence-electron chi connectivity index (χ2n) is 4.36. The van der Waals surface area contributed by atoms with Gasteiger partial charge in [-0.25, -0.2) is 0 Å². The highest BCUT2D eigenvalue weighted by atomic mass is 16.1. The zero-order valence-corrected chi connectivity index (χ0v) is 9.21. The number of nitrogens with one attached hydrogen (secondary N) is 2. The van der Waals surface area contributed by atoms with Crippen molar-refractivity contribution in [3.05, 3.63) is 17.5 Å². The maximum absolute atomic E-state index is 11.8. The van der Waals surface area contributed by atoms with E-state index in [1.807, 2.05) is 6.92 Å². The van der Waals surface area contributed by atoms with Crippen LogP contribution in [-0.2, 0) is 0 Å². The maximum Gasteiger partial charge on any atom is 0.254 e. The lowest BCUT2D eigenvalue weighted by Gasteiger charge is -2.31. The first-order valence-electron chi connectivity index (χ1n) is 5.49. The lowest BCUT2D eigenvalue weighted by atomic mass is 9.80. The summed E-state index contributed by atoms with van der Waals surface area (Å²) in [5, 5.41) is 9.64. The van der Waals surface area contributed by atoms with Crippen molar-refractivity contribution in [1.82, 2.24) is 15.5 Å². The van der Waals surface area contributed by atoms with E-state index in [1.165, 1.54) is 19.3 Å². The second kappa shape index (κ2) is 4.04. The van der Waals surface area contributed by atoms with Crippen molar-refractivity contribution in [3.8, 4) is 0 Å². The number of amides is 1. The van der Waals surface area contributed by atoms with Gasteiger partial charge in [-0.1, -0.05) is 6.42 Å². The summed E-state index contributed by atoms with van der Waals surface area (Å²) >= 11 is 0. The Labute approximate surface area is 89.5 Å². The third-order valence-corrected chi connectivity index (χ3v) is 3.29. The van der Waals surface area contributed by atoms with Crippen LogP contribution in [-0.4, -0.2) is 22.1 Å². The van der Waals surface area contributed by atoms with Gasteiger partial charge < -0.3 is 5.32 Å². The van der Waals surface area contributed by atoms with Crippen LogP contribution >= 0.6 is 0 Å². The lowest BCUT2D eigenvalue weighted by Crippen LogP contribution is -2.40. The molecule has 1 fully saturated rings. The Hall–Kier alpha value is -1.32. The molecule has 0 saturated heterocycles. The lowest BCUT2D eigenvalue weighted by molar-refractivity contribution is 0.0909. The number of hydrogen-bond donors (Lipinski definition) is 2. The van der Waals surface area contributed by atoms with E-state index in [9.17, 15) is 4.79 Å². The number of hydrogen-bond acceptors (Lipinski definition) is 2. The van der Waals surface area contributed by atoms with Crippen LogP contribution in [0.1, 0.15) is 42.2 Å². The van der Waals surface area contributed by atoms with Crippen molar-refractivity contribution in [3.63, 3.8) is 0 Å². The first-order chi connectivity index (χ1) is 7.18. The molecule has 82 valence electrons. The van der Waals surface area contributed by atoms with E-state index in [1.54, 1.807) is 6.20 Å². The molecule has 4 nitrogen and oxygen atoms in total. The molecule has 1 aliphatic rings. The Morgan fingerprint density at radius 3 is 2.87 bits per heavy atom. The van der Waals surface area contributed by atoms with Crippen molar-refractivity contribution < 1.29 is 4.79 Å². The minimum absolute atomic E-state index is 0.0133. The third-order valence-electron chi connectivity index (χ3n) is 3.29. The predicted octanol–water partition coefficient (Wildman–Crippen LogP) is 1.64. The summed E-state index contributed by atoms with van der Waals surface area (Å²) in [6.45, 7) is 3.94. The molecule has 0 spiro atoms. The molecule has 0 aromatic carbocycles. The largest absolute Gasteiger partial charge is 0.349 e. The van der Waals surface area contributed by atoms with Gasteiger partial charge in [-0.05, 0) is 32.6 Å². The van der Waals surface area contributed by atoms with E-state index in [0.29, 0.717) is 11.5 Å². The molecule has 0 bridgehead atoms. The van der Waals surface area contributed by atoms with Gasteiger partial charge >= 0.3 is 0 Å². The van der Waals surface area contributed by atoms with Crippen molar-refractivity contribution >= 4 is 5.91 Å². The van der Waals surface area contributed by atoms with Gasteiger partial charge in [0, 0.05) is 11.7 Å². The number of H-pyrrole nitrogens is 1. The molecule has 1 saturated carbocycles. The molecular formula is C11H17N3O. The Bertz CT molecular complexity index is 354. The van der Waals surface area contributed by atoms with Crippen LogP contribution in [0.25, 0.3) is 0 Å². The molecule has 0 aliphatic heterocycles. The van der Waals surface area contributed by atoms with Crippen LogP contribution in [0.4, 0.5) is 0 Å². The van der Waals surface area contributed by atoms with E-state index in [4.69, 9.17) is 0 Å². The highest BCUT2D eigenvalue weighted by molar-refractivity contribution is 5.95. The number of rotatable bonds is 3. The molecule has 0 radical (unpaired) electrons. The van der Waals surface area contributed by atoms with Gasteiger partial charge in [0.2, 0.25) is 0 Å². The van der Waals surface area contributed by atoms with E-state index in [-0.39, 0.29) is 11.9 Å². The van der Waals surface area contributed by atoms with E-state index in [0.717, 1.165) is 5.69 Å². The third kappa shape index (κ3) is 2.03. The summed E-state index contributed by atoms with van der Waals surface area (Å²) in [7, 11) is 0. The van der Waals surface area contributed by atoms with E-state index < -0.39 is 0 Å². The van der Waals surface area contributed by atoms with Crippen LogP contribution in [0, 0.1) is 12.8 Å². The number of carbonyl (C=O) groups is 1. The quantitative estimate of drug-likeness (QED) is 0.791. The molecular weight excluding hydrogens is 190 g/mol. The van der Waals surface area contributed by atoms with Gasteiger partial charge in [-0.3, -0.25) is 9.89 Å². The molecule has 1 amide bonds. The molecule has 1 aliphatic carbocycles. The SMILES string of the molecule is Cc1[nH]ncc1C(=O)NC(C)C1CCC1. The van der Waals surface area contributed by atoms with Crippen molar-refractivity contribution in [2.24, 2.45) is 5.92 Å². The number of carbonyl (C=O) groups excluding carboxylic acids is 1. The standard InChI is InChI=1S/C11H17N3O/c1-7(9-4-3-5-9)13-11(15)10-6-12-14-8(10)2/h6-7,9H,3-5H2,1-2H3,(H,12,14)(H,13,15). The first kappa shape index (κ1) is 10.2. The fourth-order valence-corrected chi connectivity index (χ4v) is 1.92. The highest BCUT2D eigenvalue weighted by Gasteiger charge is 2.25. The Morgan fingerprint density at radius 2 is 2.40 bits per heavy atom. The minimum Gasteiger partial charge on any atom is -0.349 e. The van der Waals surface area contributed by atoms with Gasteiger partial charge in [-0.15, -0.1) is 0 Å². The number of aryl methyl sites for hydroxylation is 1. The van der Waals surface area contributed by atoms with E-state index >= 15 is 0 Å². The fourth-order valence-electron chi connectivity index (χ4n) is 1.92. The minimum atomic E-state index is -0.0133. The first-order valence-corrected chi connectivity index (χ1v) is 5.49. The van der Waals surface area contributed by atoms with Gasteiger partial charge in [0.05, 0.1) is 11.8 Å². The van der Waals surface area contributed by atoms with Crippen molar-refractivity contribution in [1.29, 1.82) is 0 Å². The van der Waals surface area contributed by atoms with Gasteiger partial charge in [0.25, 0.3) is 5.91 Å². The molecule has 15 heavy (non-hydrogen) atoms. The van der Waals surface area contributed by atoms with Crippen molar-refractivity contribution in [2.45, 2.75) is 39.2 Å². The summed E-state index contributed by atoms with van der Waals surface area (Å²) in [5.74, 6) is 0.654. The number of aromatic nitrogens is 2. The smallest absolute Gasteiger partial charge is 0.254 e. The zero-order chi connectivity index (χ0) is 10.8. The van der Waals surface area contributed by atoms with Gasteiger partial charge in [-0.2, -0.15) is 5.10 Å². The topological polar surface area (TPSA) is 57.8 Å². The summed E-state index contributed by atoms with van der Waals surface area (Å²) < 4.78 is 0. The van der Waals surface area contributed by atoms with Gasteiger partial charge in [0.15, 0.2) is 0 Å². The van der Waals surface area contributed by atoms with Crippen molar-refractivity contribution in [2.75, 3.05) is 0 Å². The summed E-state index contributed by atoms with van der Waals surface area (Å²) in [5.41, 5.74) is 1.48. The monoisotopic (exact) mass is 207 g/mol. The van der Waals surface area contributed by atoms with Crippen LogP contribution in [0.5, 0.6) is 0 Å². The molecule has 1 unspecified atom stereocenters. The molecule has 2 rings (SSSR count). The predicted molar refractivity (Wildman–Crippen MR) is 57.6 cm³/mol. The molecule has 1 aromatic heterocycles. The summed E-state index contributed by atoms with van der Waals surface area (Å²) in [6, 6.07) is 0.278. The molecule has 4 heteroatoms. The normalized spacial score (nSPS) is 18.3. The molecule has 1 aromatic rings. The summed E-state index contributed by atoms with van der Waals surface area (Å²) in [4.78, 5) is 11.8. The fraction of sp³-hybridized carbons (Fsp3) is 0.636. The zero-order valence-electron chi connectivity index (χ0n) is 9.21. The van der Waals surface area contributed by atoms with Crippen LogP contribution in [0.15, 0.2) is 6.20 Å². The number of aromatic amines is 1. The highest BCUT2D eigenvalue weighted by Crippen LogP contribution is 2.29. The van der Waals surface area contributed by atoms with Crippen LogP contribution in [0.2, 0.25) is 0 Å². The molecule has 1 atom stereocenters. The molecule has 1 heterocycles. The van der Waals surface area contributed by atoms with Gasteiger partial charge in [0.1, 0.15) is 0 Å². The molecule has 2 N–H and O–H groups in total. The van der Waals surface area contributed by atoms with Crippen LogP contribution < -0.4 is 5.32 Å². The Morgan fingerprint density at radius 1 is 1.67 bits per heavy atom. The average Bonchev–Trinajstić information content (AvgIpc) is 2.47.